The van der Waals surface area contributed by atoms with Crippen LogP contribution in [0, 0.1) is 5.92 Å². The summed E-state index contributed by atoms with van der Waals surface area (Å²) in [5.41, 5.74) is 0. The van der Waals surface area contributed by atoms with Crippen molar-refractivity contribution in [1.82, 2.24) is 5.32 Å². The number of esters is 1. The Hall–Kier alpha value is -1.06. The molecule has 4 heteroatoms. The molecule has 4 nitrogen and oxygen atoms in total. The summed E-state index contributed by atoms with van der Waals surface area (Å²) in [4.78, 5) is 22.6. The molecule has 0 bridgehead atoms. The first-order valence-corrected chi connectivity index (χ1v) is 6.11. The van der Waals surface area contributed by atoms with Crippen LogP contribution in [0.2, 0.25) is 0 Å². The molecular weight excluding hydrogens is 206 g/mol. The maximum absolute atomic E-state index is 11.7. The van der Waals surface area contributed by atoms with E-state index in [1.54, 1.807) is 7.05 Å². The molecule has 0 radical (unpaired) electrons. The van der Waals surface area contributed by atoms with Crippen LogP contribution in [0.25, 0.3) is 0 Å². The first kappa shape index (κ1) is 13.0. The molecule has 1 aliphatic carbocycles. The van der Waals surface area contributed by atoms with Gasteiger partial charge < -0.3 is 10.1 Å². The van der Waals surface area contributed by atoms with Crippen LogP contribution in [0.1, 0.15) is 44.9 Å². The van der Waals surface area contributed by atoms with E-state index in [2.05, 4.69) is 5.32 Å². The molecule has 0 unspecified atom stereocenters. The maximum Gasteiger partial charge on any atom is 0.308 e. The van der Waals surface area contributed by atoms with Gasteiger partial charge in [0.15, 0.2) is 0 Å². The summed E-state index contributed by atoms with van der Waals surface area (Å²) in [5, 5.41) is 2.50. The summed E-state index contributed by atoms with van der Waals surface area (Å²) in [6.07, 6.45) is 6.83. The fraction of sp³-hybridized carbons (Fsp3) is 0.833. The normalized spacial score (nSPS) is 17.6. The Morgan fingerprint density at radius 2 is 1.81 bits per heavy atom. The molecule has 0 atom stereocenters. The summed E-state index contributed by atoms with van der Waals surface area (Å²) < 4.78 is 5.11. The Morgan fingerprint density at radius 3 is 2.38 bits per heavy atom. The van der Waals surface area contributed by atoms with E-state index < -0.39 is 0 Å². The fourth-order valence-electron chi connectivity index (χ4n) is 2.00. The highest BCUT2D eigenvalue weighted by Crippen LogP contribution is 2.23. The highest BCUT2D eigenvalue weighted by atomic mass is 16.5. The van der Waals surface area contributed by atoms with Gasteiger partial charge in [0.2, 0.25) is 5.91 Å². The topological polar surface area (TPSA) is 55.4 Å². The van der Waals surface area contributed by atoms with Crippen LogP contribution in [0.15, 0.2) is 0 Å². The minimum Gasteiger partial charge on any atom is -0.465 e. The van der Waals surface area contributed by atoms with E-state index in [9.17, 15) is 9.59 Å². The van der Waals surface area contributed by atoms with Crippen molar-refractivity contribution in [3.63, 3.8) is 0 Å². The van der Waals surface area contributed by atoms with E-state index in [0.717, 1.165) is 25.7 Å². The first-order chi connectivity index (χ1) is 7.74. The smallest absolute Gasteiger partial charge is 0.308 e. The van der Waals surface area contributed by atoms with Gasteiger partial charge in [-0.3, -0.25) is 9.59 Å². The zero-order chi connectivity index (χ0) is 11.8. The van der Waals surface area contributed by atoms with Gasteiger partial charge in [-0.1, -0.05) is 25.7 Å². The summed E-state index contributed by atoms with van der Waals surface area (Å²) >= 11 is 0. The fourth-order valence-corrected chi connectivity index (χ4v) is 2.00. The molecule has 1 saturated carbocycles. The predicted molar refractivity (Wildman–Crippen MR) is 60.8 cm³/mol. The molecule has 0 aromatic heterocycles. The van der Waals surface area contributed by atoms with Gasteiger partial charge in [0.1, 0.15) is 6.61 Å². The standard InChI is InChI=1S/C12H21NO3/c1-13-11(14)8-9-16-12(15)10-6-4-2-3-5-7-10/h10H,2-9H2,1H3,(H,13,14). The van der Waals surface area contributed by atoms with Crippen LogP contribution in [0.4, 0.5) is 0 Å². The van der Waals surface area contributed by atoms with Crippen molar-refractivity contribution in [3.8, 4) is 0 Å². The lowest BCUT2D eigenvalue weighted by Crippen LogP contribution is -2.23. The number of rotatable bonds is 4. The molecule has 0 spiro atoms. The van der Waals surface area contributed by atoms with Gasteiger partial charge >= 0.3 is 5.97 Å². The average molecular weight is 227 g/mol. The number of amides is 1. The van der Waals surface area contributed by atoms with Crippen molar-refractivity contribution < 1.29 is 14.3 Å². The summed E-state index contributed by atoms with van der Waals surface area (Å²) in [6, 6.07) is 0. The molecule has 0 aromatic rings. The van der Waals surface area contributed by atoms with Crippen molar-refractivity contribution in [2.75, 3.05) is 13.7 Å². The van der Waals surface area contributed by atoms with Crippen LogP contribution in [-0.4, -0.2) is 25.5 Å². The van der Waals surface area contributed by atoms with Crippen LogP contribution in [0.3, 0.4) is 0 Å². The van der Waals surface area contributed by atoms with E-state index in [-0.39, 0.29) is 30.8 Å². The van der Waals surface area contributed by atoms with Gasteiger partial charge in [0.25, 0.3) is 0 Å². The highest BCUT2D eigenvalue weighted by Gasteiger charge is 2.21. The molecule has 1 amide bonds. The summed E-state index contributed by atoms with van der Waals surface area (Å²) in [6.45, 7) is 0.203. The second-order valence-electron chi connectivity index (χ2n) is 4.28. The third-order valence-corrected chi connectivity index (χ3v) is 3.04. The van der Waals surface area contributed by atoms with Crippen molar-refractivity contribution in [1.29, 1.82) is 0 Å². The number of hydrogen-bond donors (Lipinski definition) is 1. The third-order valence-electron chi connectivity index (χ3n) is 3.04. The van der Waals surface area contributed by atoms with E-state index in [1.165, 1.54) is 12.8 Å². The first-order valence-electron chi connectivity index (χ1n) is 6.11. The Bertz CT molecular complexity index is 232. The summed E-state index contributed by atoms with van der Waals surface area (Å²) in [7, 11) is 1.58. The maximum atomic E-state index is 11.7. The summed E-state index contributed by atoms with van der Waals surface area (Å²) in [5.74, 6) is -0.147. The number of carbonyl (C=O) groups excluding carboxylic acids is 2. The lowest BCUT2D eigenvalue weighted by Gasteiger charge is -2.12. The van der Waals surface area contributed by atoms with Gasteiger partial charge in [0.05, 0.1) is 12.3 Å². The lowest BCUT2D eigenvalue weighted by molar-refractivity contribution is -0.149. The minimum absolute atomic E-state index is 0.0622. The highest BCUT2D eigenvalue weighted by molar-refractivity contribution is 5.76. The van der Waals surface area contributed by atoms with Gasteiger partial charge in [0, 0.05) is 7.05 Å². The van der Waals surface area contributed by atoms with Crippen LogP contribution in [-0.2, 0) is 14.3 Å². The van der Waals surface area contributed by atoms with Gasteiger partial charge in [-0.25, -0.2) is 0 Å². The second-order valence-corrected chi connectivity index (χ2v) is 4.28. The molecule has 16 heavy (non-hydrogen) atoms. The molecule has 1 fully saturated rings. The predicted octanol–water partition coefficient (Wildman–Crippen LogP) is 1.64. The molecule has 0 saturated heterocycles. The van der Waals surface area contributed by atoms with Gasteiger partial charge in [-0.15, -0.1) is 0 Å². The molecule has 0 aliphatic heterocycles. The van der Waals surface area contributed by atoms with Crippen LogP contribution >= 0.6 is 0 Å². The Balaban J connectivity index is 2.20. The zero-order valence-corrected chi connectivity index (χ0v) is 9.96. The third kappa shape index (κ3) is 4.64. The molecule has 1 rings (SSSR count). The van der Waals surface area contributed by atoms with E-state index in [1.807, 2.05) is 0 Å². The number of ether oxygens (including phenoxy) is 1. The van der Waals surface area contributed by atoms with Crippen molar-refractivity contribution in [3.05, 3.63) is 0 Å². The molecule has 1 N–H and O–H groups in total. The zero-order valence-electron chi connectivity index (χ0n) is 9.96. The van der Waals surface area contributed by atoms with Crippen molar-refractivity contribution in [2.45, 2.75) is 44.9 Å². The average Bonchev–Trinajstić information content (AvgIpc) is 2.57. The Morgan fingerprint density at radius 1 is 1.19 bits per heavy atom. The van der Waals surface area contributed by atoms with Gasteiger partial charge in [-0.05, 0) is 12.8 Å². The molecule has 0 aromatic carbocycles. The lowest BCUT2D eigenvalue weighted by atomic mass is 10.0. The Labute approximate surface area is 96.7 Å². The Kier molecular flexibility index (Phi) is 5.90. The number of carbonyl (C=O) groups is 2. The van der Waals surface area contributed by atoms with E-state index >= 15 is 0 Å². The SMILES string of the molecule is CNC(=O)CCOC(=O)C1CCCCCC1. The quantitative estimate of drug-likeness (QED) is 0.586. The van der Waals surface area contributed by atoms with Crippen molar-refractivity contribution in [2.24, 2.45) is 5.92 Å². The molecule has 1 aliphatic rings. The second kappa shape index (κ2) is 7.25. The molecule has 0 heterocycles. The van der Waals surface area contributed by atoms with E-state index in [0.29, 0.717) is 0 Å². The molecular formula is C12H21NO3. The molecule has 92 valence electrons. The van der Waals surface area contributed by atoms with Crippen LogP contribution in [0.5, 0.6) is 0 Å². The van der Waals surface area contributed by atoms with Crippen molar-refractivity contribution >= 4 is 11.9 Å². The minimum atomic E-state index is -0.120. The largest absolute Gasteiger partial charge is 0.465 e. The monoisotopic (exact) mass is 227 g/mol. The number of nitrogens with one attached hydrogen (secondary N) is 1. The number of hydrogen-bond acceptors (Lipinski definition) is 3. The van der Waals surface area contributed by atoms with Gasteiger partial charge in [-0.2, -0.15) is 0 Å². The van der Waals surface area contributed by atoms with Crippen LogP contribution < -0.4 is 5.32 Å². The van der Waals surface area contributed by atoms with E-state index in [4.69, 9.17) is 4.74 Å².